The Morgan fingerprint density at radius 3 is 2.24 bits per heavy atom. The van der Waals surface area contributed by atoms with Gasteiger partial charge in [0.05, 0.1) is 38.5 Å². The number of ketones is 1. The Bertz CT molecular complexity index is 1120. The predicted octanol–water partition coefficient (Wildman–Crippen LogP) is 3.78. The lowest BCUT2D eigenvalue weighted by Gasteiger charge is -2.31. The lowest BCUT2D eigenvalue weighted by molar-refractivity contribution is -0.141. The van der Waals surface area contributed by atoms with E-state index in [4.69, 9.17) is 14.2 Å². The van der Waals surface area contributed by atoms with Crippen LogP contribution >= 0.6 is 0 Å². The Morgan fingerprint density at radius 2 is 1.64 bits per heavy atom. The molecule has 4 rings (SSSR count). The molecular formula is C25H27NO7. The Labute approximate surface area is 192 Å². The maximum Gasteiger partial charge on any atom is 0.295 e. The highest BCUT2D eigenvalue weighted by Gasteiger charge is 2.49. The number of ether oxygens (including phenoxy) is 3. The number of aromatic hydroxyl groups is 1. The first-order valence-electron chi connectivity index (χ1n) is 10.8. The fourth-order valence-corrected chi connectivity index (χ4v) is 4.75. The number of carbonyl (C=O) groups excluding carboxylic acids is 2. The summed E-state index contributed by atoms with van der Waals surface area (Å²) < 4.78 is 15.8. The van der Waals surface area contributed by atoms with Crippen molar-refractivity contribution in [1.29, 1.82) is 0 Å². The molecule has 1 aliphatic carbocycles. The molecule has 1 saturated heterocycles. The molecule has 1 unspecified atom stereocenters. The summed E-state index contributed by atoms with van der Waals surface area (Å²) in [7, 11) is 4.40. The standard InChI is InChI=1S/C25H27NO7/c1-31-16-9-10-17(20(13-16)33-3)23(28)21-22(14-8-11-19(32-2)18(27)12-14)26(25(30)24(21)29)15-6-4-5-7-15/h8-13,15,22,27-28H,4-7H2,1-3H3/b23-21-. The van der Waals surface area contributed by atoms with Gasteiger partial charge in [-0.05, 0) is 42.7 Å². The Morgan fingerprint density at radius 1 is 0.939 bits per heavy atom. The lowest BCUT2D eigenvalue weighted by atomic mass is 9.94. The maximum absolute atomic E-state index is 13.2. The number of phenols is 1. The summed E-state index contributed by atoms with van der Waals surface area (Å²) in [6, 6.07) is 8.57. The van der Waals surface area contributed by atoms with E-state index in [1.165, 1.54) is 27.4 Å². The van der Waals surface area contributed by atoms with Crippen molar-refractivity contribution >= 4 is 17.4 Å². The van der Waals surface area contributed by atoms with Gasteiger partial charge in [-0.1, -0.05) is 18.9 Å². The first kappa shape index (κ1) is 22.5. The van der Waals surface area contributed by atoms with Crippen molar-refractivity contribution in [2.45, 2.75) is 37.8 Å². The molecule has 0 spiro atoms. The van der Waals surface area contributed by atoms with Crippen LogP contribution in [0.1, 0.15) is 42.9 Å². The molecule has 2 N–H and O–H groups in total. The summed E-state index contributed by atoms with van der Waals surface area (Å²) >= 11 is 0. The molecule has 0 aromatic heterocycles. The molecule has 1 atom stereocenters. The summed E-state index contributed by atoms with van der Waals surface area (Å²) in [4.78, 5) is 28.0. The zero-order valence-electron chi connectivity index (χ0n) is 18.8. The summed E-state index contributed by atoms with van der Waals surface area (Å²) in [6.45, 7) is 0. The lowest BCUT2D eigenvalue weighted by Crippen LogP contribution is -2.37. The smallest absolute Gasteiger partial charge is 0.295 e. The molecule has 0 radical (unpaired) electrons. The zero-order chi connectivity index (χ0) is 23.7. The Balaban J connectivity index is 1.92. The minimum absolute atomic E-state index is 0.0417. The van der Waals surface area contributed by atoms with Gasteiger partial charge in [0.25, 0.3) is 11.7 Å². The van der Waals surface area contributed by atoms with Crippen LogP contribution in [-0.4, -0.2) is 54.2 Å². The van der Waals surface area contributed by atoms with Gasteiger partial charge >= 0.3 is 0 Å². The average molecular weight is 453 g/mol. The number of hydrogen-bond donors (Lipinski definition) is 2. The first-order valence-corrected chi connectivity index (χ1v) is 10.8. The van der Waals surface area contributed by atoms with E-state index in [0.717, 1.165) is 25.7 Å². The summed E-state index contributed by atoms with van der Waals surface area (Å²) in [5.74, 6) is -0.786. The fraction of sp³-hybridized carbons (Fsp3) is 0.360. The highest BCUT2D eigenvalue weighted by Crippen LogP contribution is 2.46. The monoisotopic (exact) mass is 453 g/mol. The van der Waals surface area contributed by atoms with E-state index in [1.807, 2.05) is 0 Å². The third kappa shape index (κ3) is 3.86. The van der Waals surface area contributed by atoms with E-state index in [2.05, 4.69) is 0 Å². The van der Waals surface area contributed by atoms with Crippen LogP contribution < -0.4 is 14.2 Å². The Kier molecular flexibility index (Phi) is 6.18. The van der Waals surface area contributed by atoms with Crippen molar-refractivity contribution in [3.05, 3.63) is 53.1 Å². The average Bonchev–Trinajstić information content (AvgIpc) is 3.44. The van der Waals surface area contributed by atoms with Gasteiger partial charge in [-0.2, -0.15) is 0 Å². The summed E-state index contributed by atoms with van der Waals surface area (Å²) in [6.07, 6.45) is 3.47. The van der Waals surface area contributed by atoms with Crippen LogP contribution in [0.4, 0.5) is 0 Å². The zero-order valence-corrected chi connectivity index (χ0v) is 18.8. The van der Waals surface area contributed by atoms with Gasteiger partial charge in [0.2, 0.25) is 0 Å². The number of methoxy groups -OCH3 is 3. The van der Waals surface area contributed by atoms with Crippen LogP contribution in [0.25, 0.3) is 5.76 Å². The van der Waals surface area contributed by atoms with Crippen LogP contribution in [-0.2, 0) is 9.59 Å². The van der Waals surface area contributed by atoms with E-state index in [1.54, 1.807) is 35.2 Å². The van der Waals surface area contributed by atoms with Crippen molar-refractivity contribution in [3.63, 3.8) is 0 Å². The summed E-state index contributed by atoms with van der Waals surface area (Å²) in [5.41, 5.74) is 0.735. The number of aliphatic hydroxyl groups excluding tert-OH is 1. The van der Waals surface area contributed by atoms with Crippen molar-refractivity contribution in [1.82, 2.24) is 4.90 Å². The number of benzene rings is 2. The third-order valence-corrected chi connectivity index (χ3v) is 6.38. The van der Waals surface area contributed by atoms with E-state index < -0.39 is 17.7 Å². The van der Waals surface area contributed by atoms with E-state index >= 15 is 0 Å². The van der Waals surface area contributed by atoms with Gasteiger partial charge in [-0.3, -0.25) is 9.59 Å². The minimum Gasteiger partial charge on any atom is -0.507 e. The number of aliphatic hydroxyl groups is 1. The number of Topliss-reactive ketones (excluding diaryl/α,β-unsaturated/α-hetero) is 1. The molecule has 2 fully saturated rings. The van der Waals surface area contributed by atoms with Crippen molar-refractivity contribution in [2.24, 2.45) is 0 Å². The molecule has 8 heteroatoms. The number of likely N-dealkylation sites (tertiary alicyclic amines) is 1. The number of carbonyl (C=O) groups is 2. The fourth-order valence-electron chi connectivity index (χ4n) is 4.75. The molecule has 1 aliphatic heterocycles. The summed E-state index contributed by atoms with van der Waals surface area (Å²) in [5, 5.41) is 21.7. The highest BCUT2D eigenvalue weighted by atomic mass is 16.5. The van der Waals surface area contributed by atoms with Crippen LogP contribution in [0.2, 0.25) is 0 Å². The number of amides is 1. The molecule has 2 aromatic rings. The molecule has 33 heavy (non-hydrogen) atoms. The molecule has 2 aromatic carbocycles. The molecular weight excluding hydrogens is 426 g/mol. The molecule has 8 nitrogen and oxygen atoms in total. The number of rotatable bonds is 6. The molecule has 1 heterocycles. The molecule has 1 saturated carbocycles. The van der Waals surface area contributed by atoms with Crippen molar-refractivity contribution < 1.29 is 34.0 Å². The van der Waals surface area contributed by atoms with Crippen LogP contribution in [0, 0.1) is 0 Å². The van der Waals surface area contributed by atoms with Gasteiger partial charge in [0.1, 0.15) is 17.3 Å². The molecule has 174 valence electrons. The quantitative estimate of drug-likeness (QED) is 0.390. The number of phenolic OH excluding ortho intramolecular Hbond substituents is 1. The van der Waals surface area contributed by atoms with Crippen LogP contribution in [0.5, 0.6) is 23.0 Å². The number of hydrogen-bond acceptors (Lipinski definition) is 7. The van der Waals surface area contributed by atoms with Crippen LogP contribution in [0.3, 0.4) is 0 Å². The van der Waals surface area contributed by atoms with Crippen molar-refractivity contribution in [2.75, 3.05) is 21.3 Å². The largest absolute Gasteiger partial charge is 0.507 e. The highest BCUT2D eigenvalue weighted by molar-refractivity contribution is 6.46. The topological polar surface area (TPSA) is 106 Å². The van der Waals surface area contributed by atoms with Gasteiger partial charge in [-0.15, -0.1) is 0 Å². The second-order valence-corrected chi connectivity index (χ2v) is 8.14. The van der Waals surface area contributed by atoms with Crippen LogP contribution in [0.15, 0.2) is 42.0 Å². The van der Waals surface area contributed by atoms with Gasteiger partial charge in [0.15, 0.2) is 11.5 Å². The van der Waals surface area contributed by atoms with Gasteiger partial charge < -0.3 is 29.3 Å². The van der Waals surface area contributed by atoms with E-state index in [9.17, 15) is 19.8 Å². The Hall–Kier alpha value is -3.68. The molecule has 0 bridgehead atoms. The number of nitrogens with zero attached hydrogens (tertiary/aromatic N) is 1. The van der Waals surface area contributed by atoms with Crippen molar-refractivity contribution in [3.8, 4) is 23.0 Å². The predicted molar refractivity (Wildman–Crippen MR) is 121 cm³/mol. The SMILES string of the molecule is COc1ccc(/C(O)=C2/C(=O)C(=O)N(C3CCCC3)C2c2ccc(OC)c(O)c2)c(OC)c1. The molecule has 2 aliphatic rings. The second-order valence-electron chi connectivity index (χ2n) is 8.14. The first-order chi connectivity index (χ1) is 15.9. The maximum atomic E-state index is 13.2. The normalized spacial score (nSPS) is 20.3. The molecule has 1 amide bonds. The van der Waals surface area contributed by atoms with E-state index in [-0.39, 0.29) is 34.4 Å². The third-order valence-electron chi connectivity index (χ3n) is 6.38. The van der Waals surface area contributed by atoms with Gasteiger partial charge in [-0.25, -0.2) is 0 Å². The van der Waals surface area contributed by atoms with Gasteiger partial charge in [0, 0.05) is 12.1 Å². The van der Waals surface area contributed by atoms with E-state index in [0.29, 0.717) is 17.1 Å². The second kappa shape index (κ2) is 9.05. The minimum atomic E-state index is -0.850.